The Morgan fingerprint density at radius 3 is 1.25 bits per heavy atom. The quantitative estimate of drug-likeness (QED) is 0.0430. The molecule has 0 aliphatic rings. The lowest BCUT2D eigenvalue weighted by molar-refractivity contribution is -0.150. The summed E-state index contributed by atoms with van der Waals surface area (Å²) in [6, 6.07) is 0. The number of carbonyl (C=O) groups excluding carboxylic acids is 1. The average Bonchev–Trinajstić information content (AvgIpc) is 3.01. The van der Waals surface area contributed by atoms with Crippen molar-refractivity contribution < 1.29 is 19.4 Å². The molecule has 0 bridgehead atoms. The van der Waals surface area contributed by atoms with Crippen molar-refractivity contribution in [3.63, 3.8) is 0 Å². The van der Waals surface area contributed by atoms with Gasteiger partial charge in [0.1, 0.15) is 6.10 Å². The SMILES string of the molecule is CCCCCC/C=C\CCCCCCCC(=O)OC(CCCCCC)CCCCCCCCCCCCCCCCC(=O)O. The van der Waals surface area contributed by atoms with Crippen LogP contribution in [0.1, 0.15) is 226 Å². The number of unbranched alkanes of at least 4 members (excludes halogenated alkanes) is 25. The molecular formula is C40H76O4. The second kappa shape index (κ2) is 36.2. The summed E-state index contributed by atoms with van der Waals surface area (Å²) < 4.78 is 5.99. The lowest BCUT2D eigenvalue weighted by Gasteiger charge is -2.18. The normalized spacial score (nSPS) is 12.2. The Kier molecular flexibility index (Phi) is 35.1. The van der Waals surface area contributed by atoms with E-state index in [4.69, 9.17) is 9.84 Å². The van der Waals surface area contributed by atoms with Crippen LogP contribution >= 0.6 is 0 Å². The Labute approximate surface area is 275 Å². The molecule has 0 aromatic heterocycles. The fourth-order valence-electron chi connectivity index (χ4n) is 6.06. The average molecular weight is 621 g/mol. The Balaban J connectivity index is 3.79. The lowest BCUT2D eigenvalue weighted by atomic mass is 10.0. The van der Waals surface area contributed by atoms with Gasteiger partial charge in [0, 0.05) is 12.8 Å². The molecule has 1 unspecified atom stereocenters. The van der Waals surface area contributed by atoms with E-state index in [9.17, 15) is 9.59 Å². The Bertz CT molecular complexity index is 629. The van der Waals surface area contributed by atoms with Crippen LogP contribution in [0.15, 0.2) is 12.2 Å². The minimum absolute atomic E-state index is 0.0367. The van der Waals surface area contributed by atoms with Crippen molar-refractivity contribution in [2.75, 3.05) is 0 Å². The molecule has 0 aliphatic carbocycles. The van der Waals surface area contributed by atoms with Crippen LogP contribution in [0.5, 0.6) is 0 Å². The van der Waals surface area contributed by atoms with E-state index in [1.54, 1.807) is 0 Å². The molecule has 4 heteroatoms. The zero-order chi connectivity index (χ0) is 32.2. The summed E-state index contributed by atoms with van der Waals surface area (Å²) in [6.45, 7) is 4.51. The predicted octanol–water partition coefficient (Wildman–Crippen LogP) is 13.5. The van der Waals surface area contributed by atoms with Crippen LogP contribution in [0.4, 0.5) is 0 Å². The van der Waals surface area contributed by atoms with Crippen molar-refractivity contribution >= 4 is 11.9 Å². The second-order valence-corrected chi connectivity index (χ2v) is 13.5. The molecule has 0 saturated heterocycles. The molecular weight excluding hydrogens is 544 g/mol. The highest BCUT2D eigenvalue weighted by atomic mass is 16.5. The van der Waals surface area contributed by atoms with E-state index in [1.165, 1.54) is 161 Å². The molecule has 0 fully saturated rings. The van der Waals surface area contributed by atoms with Crippen molar-refractivity contribution in [3.8, 4) is 0 Å². The fraction of sp³-hybridized carbons (Fsp3) is 0.900. The zero-order valence-corrected chi connectivity index (χ0v) is 29.7. The number of hydrogen-bond donors (Lipinski definition) is 1. The van der Waals surface area contributed by atoms with Crippen LogP contribution in [0.3, 0.4) is 0 Å². The van der Waals surface area contributed by atoms with E-state index in [0.29, 0.717) is 12.8 Å². The maximum Gasteiger partial charge on any atom is 0.306 e. The van der Waals surface area contributed by atoms with Gasteiger partial charge in [-0.2, -0.15) is 0 Å². The molecule has 1 N–H and O–H groups in total. The Morgan fingerprint density at radius 2 is 0.818 bits per heavy atom. The van der Waals surface area contributed by atoms with Gasteiger partial charge in [-0.05, 0) is 64.2 Å². The Morgan fingerprint density at radius 1 is 0.477 bits per heavy atom. The van der Waals surface area contributed by atoms with Gasteiger partial charge in [-0.15, -0.1) is 0 Å². The van der Waals surface area contributed by atoms with Crippen LogP contribution < -0.4 is 0 Å². The molecule has 0 amide bonds. The number of rotatable bonds is 36. The van der Waals surface area contributed by atoms with Crippen molar-refractivity contribution in [3.05, 3.63) is 12.2 Å². The van der Waals surface area contributed by atoms with Gasteiger partial charge in [0.2, 0.25) is 0 Å². The second-order valence-electron chi connectivity index (χ2n) is 13.5. The molecule has 4 nitrogen and oxygen atoms in total. The molecule has 0 heterocycles. The monoisotopic (exact) mass is 621 g/mol. The molecule has 0 saturated carbocycles. The van der Waals surface area contributed by atoms with E-state index in [1.807, 2.05) is 0 Å². The number of esters is 1. The number of hydrogen-bond acceptors (Lipinski definition) is 3. The molecule has 1 atom stereocenters. The van der Waals surface area contributed by atoms with E-state index >= 15 is 0 Å². The molecule has 260 valence electrons. The lowest BCUT2D eigenvalue weighted by Crippen LogP contribution is -2.18. The van der Waals surface area contributed by atoms with Crippen molar-refractivity contribution in [1.29, 1.82) is 0 Å². The predicted molar refractivity (Wildman–Crippen MR) is 190 cm³/mol. The topological polar surface area (TPSA) is 63.6 Å². The van der Waals surface area contributed by atoms with Gasteiger partial charge < -0.3 is 9.84 Å². The smallest absolute Gasteiger partial charge is 0.306 e. The largest absolute Gasteiger partial charge is 0.481 e. The number of carbonyl (C=O) groups is 2. The van der Waals surface area contributed by atoms with E-state index < -0.39 is 5.97 Å². The maximum atomic E-state index is 12.6. The van der Waals surface area contributed by atoms with Gasteiger partial charge in [-0.1, -0.05) is 161 Å². The molecule has 0 radical (unpaired) electrons. The number of allylic oxidation sites excluding steroid dienone is 2. The molecule has 0 aliphatic heterocycles. The molecule has 0 spiro atoms. The standard InChI is InChI=1S/C40H76O4/c1-3-5-7-9-10-11-12-15-20-23-26-29-33-37-40(43)44-38(34-30-8-6-4-2)35-31-27-24-21-18-16-13-14-17-19-22-25-28-32-36-39(41)42/h11-12,38H,3-10,13-37H2,1-2H3,(H,41,42)/b12-11-. The van der Waals surface area contributed by atoms with Crippen molar-refractivity contribution in [2.45, 2.75) is 232 Å². The summed E-state index contributed by atoms with van der Waals surface area (Å²) in [5.74, 6) is -0.628. The van der Waals surface area contributed by atoms with Gasteiger partial charge in [-0.3, -0.25) is 9.59 Å². The zero-order valence-electron chi connectivity index (χ0n) is 29.7. The number of aliphatic carboxylic acids is 1. The number of carboxylic acid groups (broad SMARTS) is 1. The minimum atomic E-state index is -0.665. The van der Waals surface area contributed by atoms with Gasteiger partial charge in [-0.25, -0.2) is 0 Å². The summed E-state index contributed by atoms with van der Waals surface area (Å²) in [6.07, 6.45) is 44.0. The fourth-order valence-corrected chi connectivity index (χ4v) is 6.06. The van der Waals surface area contributed by atoms with Crippen LogP contribution in [0.25, 0.3) is 0 Å². The van der Waals surface area contributed by atoms with Crippen LogP contribution in [0.2, 0.25) is 0 Å². The Hall–Kier alpha value is -1.32. The van der Waals surface area contributed by atoms with Gasteiger partial charge in [0.05, 0.1) is 0 Å². The first-order valence-corrected chi connectivity index (χ1v) is 19.7. The highest BCUT2D eigenvalue weighted by Crippen LogP contribution is 2.19. The summed E-state index contributed by atoms with van der Waals surface area (Å²) in [4.78, 5) is 23.1. The molecule has 0 aromatic rings. The highest BCUT2D eigenvalue weighted by Gasteiger charge is 2.14. The van der Waals surface area contributed by atoms with Gasteiger partial charge >= 0.3 is 11.9 Å². The number of ether oxygens (including phenoxy) is 1. The van der Waals surface area contributed by atoms with Gasteiger partial charge in [0.15, 0.2) is 0 Å². The van der Waals surface area contributed by atoms with Crippen LogP contribution in [-0.2, 0) is 14.3 Å². The third-order valence-electron chi connectivity index (χ3n) is 8.99. The third kappa shape index (κ3) is 35.2. The van der Waals surface area contributed by atoms with Gasteiger partial charge in [0.25, 0.3) is 0 Å². The first-order chi connectivity index (χ1) is 21.6. The van der Waals surface area contributed by atoms with Crippen molar-refractivity contribution in [1.82, 2.24) is 0 Å². The molecule has 0 rings (SSSR count). The molecule has 44 heavy (non-hydrogen) atoms. The van der Waals surface area contributed by atoms with Crippen LogP contribution in [-0.4, -0.2) is 23.1 Å². The minimum Gasteiger partial charge on any atom is -0.481 e. The summed E-state index contributed by atoms with van der Waals surface area (Å²) in [5.41, 5.74) is 0. The maximum absolute atomic E-state index is 12.6. The number of carboxylic acids is 1. The van der Waals surface area contributed by atoms with E-state index in [0.717, 1.165) is 38.5 Å². The van der Waals surface area contributed by atoms with Crippen LogP contribution in [0, 0.1) is 0 Å². The van der Waals surface area contributed by atoms with Crippen molar-refractivity contribution in [2.24, 2.45) is 0 Å². The highest BCUT2D eigenvalue weighted by molar-refractivity contribution is 5.69. The van der Waals surface area contributed by atoms with E-state index in [2.05, 4.69) is 26.0 Å². The van der Waals surface area contributed by atoms with E-state index in [-0.39, 0.29) is 12.1 Å². The summed E-state index contributed by atoms with van der Waals surface area (Å²) >= 11 is 0. The first-order valence-electron chi connectivity index (χ1n) is 19.7. The molecule has 0 aromatic carbocycles. The third-order valence-corrected chi connectivity index (χ3v) is 8.99. The first kappa shape index (κ1) is 42.7. The summed E-state index contributed by atoms with van der Waals surface area (Å²) in [5, 5.41) is 8.67. The summed E-state index contributed by atoms with van der Waals surface area (Å²) in [7, 11) is 0.